The van der Waals surface area contributed by atoms with Crippen LogP contribution in [0.1, 0.15) is 6.42 Å². The Morgan fingerprint density at radius 1 is 1.17 bits per heavy atom. The van der Waals surface area contributed by atoms with Crippen molar-refractivity contribution in [3.8, 4) is 0 Å². The van der Waals surface area contributed by atoms with Gasteiger partial charge in [-0.05, 0) is 6.42 Å². The van der Waals surface area contributed by atoms with E-state index in [1.165, 1.54) is 0 Å². The van der Waals surface area contributed by atoms with Crippen LogP contribution in [0.4, 0.5) is 0 Å². The zero-order chi connectivity index (χ0) is 8.74. The molecule has 0 saturated heterocycles. The van der Waals surface area contributed by atoms with Gasteiger partial charge in [-0.15, -0.1) is 0 Å². The number of hydrogen-bond donors (Lipinski definition) is 0. The SMILES string of the molecule is C1=CCC=C1.C[N+](C)(C)C=O.[Mn]. The summed E-state index contributed by atoms with van der Waals surface area (Å²) in [5.41, 5.74) is 0. The molecular weight excluding hydrogens is 193 g/mol. The van der Waals surface area contributed by atoms with Gasteiger partial charge in [-0.2, -0.15) is 0 Å². The molecule has 1 aliphatic rings. The van der Waals surface area contributed by atoms with Gasteiger partial charge in [0.25, 0.3) is 0 Å². The number of quaternary nitrogens is 1. The minimum Gasteiger partial charge on any atom is -0.270 e. The van der Waals surface area contributed by atoms with E-state index in [0.717, 1.165) is 12.8 Å². The Morgan fingerprint density at radius 2 is 1.50 bits per heavy atom. The fourth-order valence-electron chi connectivity index (χ4n) is 0.393. The molecule has 0 aromatic heterocycles. The minimum absolute atomic E-state index is 0. The van der Waals surface area contributed by atoms with Crippen LogP contribution in [0, 0.1) is 0 Å². The monoisotopic (exact) mass is 209 g/mol. The molecule has 0 aromatic rings. The second-order valence-electron chi connectivity index (χ2n) is 3.31. The van der Waals surface area contributed by atoms with Crippen molar-refractivity contribution in [2.45, 2.75) is 6.42 Å². The van der Waals surface area contributed by atoms with Crippen LogP contribution in [0.3, 0.4) is 0 Å². The predicted octanol–water partition coefficient (Wildman–Crippen LogP) is 1.35. The Kier molecular flexibility index (Phi) is 8.61. The maximum atomic E-state index is 9.80. The number of carbonyl (C=O) groups excluding carboxylic acids is 1. The first-order valence-corrected chi connectivity index (χ1v) is 3.65. The van der Waals surface area contributed by atoms with Gasteiger partial charge in [-0.3, -0.25) is 4.48 Å². The van der Waals surface area contributed by atoms with Crippen LogP contribution < -0.4 is 0 Å². The van der Waals surface area contributed by atoms with Gasteiger partial charge in [0.05, 0.1) is 21.1 Å². The van der Waals surface area contributed by atoms with Gasteiger partial charge >= 0.3 is 6.41 Å². The molecule has 1 rings (SSSR count). The largest absolute Gasteiger partial charge is 0.300 e. The van der Waals surface area contributed by atoms with Crippen LogP contribution in [0.15, 0.2) is 24.3 Å². The summed E-state index contributed by atoms with van der Waals surface area (Å²) >= 11 is 0. The Hall–Kier alpha value is -0.371. The summed E-state index contributed by atoms with van der Waals surface area (Å²) in [4.78, 5) is 9.80. The van der Waals surface area contributed by atoms with E-state index in [-0.39, 0.29) is 17.1 Å². The zero-order valence-corrected chi connectivity index (χ0v) is 9.01. The molecule has 0 saturated carbocycles. The third-order valence-corrected chi connectivity index (χ3v) is 0.972. The van der Waals surface area contributed by atoms with E-state index in [4.69, 9.17) is 0 Å². The van der Waals surface area contributed by atoms with Crippen molar-refractivity contribution in [2.24, 2.45) is 0 Å². The van der Waals surface area contributed by atoms with Gasteiger partial charge in [-0.25, -0.2) is 4.79 Å². The van der Waals surface area contributed by atoms with Crippen molar-refractivity contribution in [2.75, 3.05) is 21.1 Å². The van der Waals surface area contributed by atoms with Gasteiger partial charge in [-0.1, -0.05) is 24.3 Å². The molecule has 1 amide bonds. The summed E-state index contributed by atoms with van der Waals surface area (Å²) in [5.74, 6) is 0. The van der Waals surface area contributed by atoms with E-state index in [1.54, 1.807) is 0 Å². The van der Waals surface area contributed by atoms with E-state index < -0.39 is 0 Å². The van der Waals surface area contributed by atoms with Crippen molar-refractivity contribution in [3.63, 3.8) is 0 Å². The molecule has 12 heavy (non-hydrogen) atoms. The summed E-state index contributed by atoms with van der Waals surface area (Å²) in [7, 11) is 5.44. The molecule has 0 heterocycles. The summed E-state index contributed by atoms with van der Waals surface area (Å²) in [6.07, 6.45) is 10.4. The number of carbonyl (C=O) groups is 1. The summed E-state index contributed by atoms with van der Waals surface area (Å²) in [6.45, 7) is 0. The second-order valence-corrected chi connectivity index (χ2v) is 3.31. The molecule has 0 aromatic carbocycles. The molecule has 0 N–H and O–H groups in total. The maximum absolute atomic E-state index is 9.80. The van der Waals surface area contributed by atoms with E-state index in [2.05, 4.69) is 24.3 Å². The van der Waals surface area contributed by atoms with Crippen LogP contribution in [-0.4, -0.2) is 32.0 Å². The average molecular weight is 209 g/mol. The van der Waals surface area contributed by atoms with Crippen LogP contribution in [0.5, 0.6) is 0 Å². The molecule has 0 atom stereocenters. The number of nitrogens with zero attached hydrogens (tertiary/aromatic N) is 1. The molecule has 1 aliphatic carbocycles. The summed E-state index contributed by atoms with van der Waals surface area (Å²) in [6, 6.07) is 0. The van der Waals surface area contributed by atoms with Crippen molar-refractivity contribution in [1.29, 1.82) is 0 Å². The summed E-state index contributed by atoms with van der Waals surface area (Å²) in [5, 5.41) is 0. The first-order chi connectivity index (χ1) is 5.06. The van der Waals surface area contributed by atoms with E-state index in [0.29, 0.717) is 4.48 Å². The molecule has 3 heteroatoms. The second kappa shape index (κ2) is 7.29. The third kappa shape index (κ3) is 12.3. The Morgan fingerprint density at radius 3 is 1.58 bits per heavy atom. The quantitative estimate of drug-likeness (QED) is 0.362. The van der Waals surface area contributed by atoms with E-state index >= 15 is 0 Å². The molecule has 0 unspecified atom stereocenters. The Bertz CT molecular complexity index is 158. The van der Waals surface area contributed by atoms with Crippen LogP contribution >= 0.6 is 0 Å². The predicted molar refractivity (Wildman–Crippen MR) is 47.0 cm³/mol. The van der Waals surface area contributed by atoms with Gasteiger partial charge in [0.15, 0.2) is 0 Å². The normalized spacial score (nSPS) is 12.9. The van der Waals surface area contributed by atoms with E-state index in [1.807, 2.05) is 21.1 Å². The molecule has 0 bridgehead atoms. The zero-order valence-electron chi connectivity index (χ0n) is 7.83. The number of allylic oxidation sites excluding steroid dienone is 4. The Balaban J connectivity index is 0. The summed E-state index contributed by atoms with van der Waals surface area (Å²) < 4.78 is 0.389. The number of amides is 1. The fraction of sp³-hybridized carbons (Fsp3) is 0.444. The van der Waals surface area contributed by atoms with Gasteiger partial charge < -0.3 is 0 Å². The first kappa shape index (κ1) is 14.2. The van der Waals surface area contributed by atoms with Crippen LogP contribution in [0.2, 0.25) is 0 Å². The van der Waals surface area contributed by atoms with Crippen molar-refractivity contribution in [1.82, 2.24) is 0 Å². The minimum atomic E-state index is 0. The van der Waals surface area contributed by atoms with Gasteiger partial charge in [0.2, 0.25) is 0 Å². The van der Waals surface area contributed by atoms with E-state index in [9.17, 15) is 4.79 Å². The molecular formula is C9H16MnNO+. The Labute approximate surface area is 85.0 Å². The molecule has 1 radical (unpaired) electrons. The number of hydrogen-bond acceptors (Lipinski definition) is 1. The average Bonchev–Trinajstić information content (AvgIpc) is 2.41. The third-order valence-electron chi connectivity index (χ3n) is 0.972. The molecule has 0 aliphatic heterocycles. The van der Waals surface area contributed by atoms with Gasteiger partial charge in [0.1, 0.15) is 0 Å². The smallest absolute Gasteiger partial charge is 0.270 e. The molecule has 0 spiro atoms. The van der Waals surface area contributed by atoms with Gasteiger partial charge in [0, 0.05) is 17.1 Å². The molecule has 0 fully saturated rings. The van der Waals surface area contributed by atoms with Crippen LogP contribution in [0.25, 0.3) is 0 Å². The molecule has 2 nitrogen and oxygen atoms in total. The first-order valence-electron chi connectivity index (χ1n) is 3.65. The van der Waals surface area contributed by atoms with Crippen molar-refractivity contribution in [3.05, 3.63) is 24.3 Å². The number of rotatable bonds is 1. The van der Waals surface area contributed by atoms with Crippen molar-refractivity contribution >= 4 is 6.41 Å². The standard InChI is InChI=1S/C5H6.C4H10NO.Mn/c1-2-4-5-3-1;1-5(2,3)4-6;/h1-4H,5H2;4H,1-3H3;/q;+1;. The topological polar surface area (TPSA) is 17.1 Å². The fourth-order valence-corrected chi connectivity index (χ4v) is 0.393. The van der Waals surface area contributed by atoms with Crippen LogP contribution in [-0.2, 0) is 21.9 Å². The van der Waals surface area contributed by atoms with Crippen molar-refractivity contribution < 1.29 is 26.3 Å². The maximum Gasteiger partial charge on any atom is 0.300 e. The molecule has 69 valence electrons.